The van der Waals surface area contributed by atoms with Gasteiger partial charge in [-0.3, -0.25) is 0 Å². The van der Waals surface area contributed by atoms with E-state index in [1.165, 1.54) is 37.8 Å². The van der Waals surface area contributed by atoms with Gasteiger partial charge in [0.1, 0.15) is 0 Å². The third kappa shape index (κ3) is 4.85. The van der Waals surface area contributed by atoms with Crippen LogP contribution >= 0.6 is 11.6 Å². The Morgan fingerprint density at radius 2 is 1.80 bits per heavy atom. The van der Waals surface area contributed by atoms with Crippen molar-refractivity contribution in [1.82, 2.24) is 0 Å². The molecule has 2 nitrogen and oxygen atoms in total. The average Bonchev–Trinajstić information content (AvgIpc) is 2.30. The third-order valence-electron chi connectivity index (χ3n) is 3.13. The van der Waals surface area contributed by atoms with Crippen LogP contribution in [-0.2, 0) is 8.85 Å². The van der Waals surface area contributed by atoms with E-state index in [-0.39, 0.29) is 0 Å². The van der Waals surface area contributed by atoms with Crippen molar-refractivity contribution in [1.29, 1.82) is 0 Å². The second-order valence-electron chi connectivity index (χ2n) is 4.27. The number of alkyl halides is 1. The van der Waals surface area contributed by atoms with E-state index < -0.39 is 8.56 Å². The van der Waals surface area contributed by atoms with Gasteiger partial charge in [0, 0.05) is 19.6 Å². The van der Waals surface area contributed by atoms with Crippen molar-refractivity contribution in [2.75, 3.05) is 19.6 Å². The van der Waals surface area contributed by atoms with E-state index in [0.29, 0.717) is 0 Å². The highest BCUT2D eigenvalue weighted by Crippen LogP contribution is 2.29. The van der Waals surface area contributed by atoms with Crippen LogP contribution in [0.4, 0.5) is 0 Å². The van der Waals surface area contributed by atoms with Crippen molar-refractivity contribution in [3.05, 3.63) is 0 Å². The van der Waals surface area contributed by atoms with Gasteiger partial charge in [-0.2, -0.15) is 0 Å². The Morgan fingerprint density at radius 3 is 2.40 bits per heavy atom. The molecule has 4 heteroatoms. The molecule has 0 aromatic rings. The van der Waals surface area contributed by atoms with Crippen LogP contribution in [0.1, 0.15) is 38.5 Å². The molecule has 1 fully saturated rings. The molecule has 0 unspecified atom stereocenters. The van der Waals surface area contributed by atoms with Crippen molar-refractivity contribution in [3.63, 3.8) is 0 Å². The maximum atomic E-state index is 6.04. The minimum atomic E-state index is -1.75. The van der Waals surface area contributed by atoms with Gasteiger partial charge >= 0.3 is 8.56 Å². The molecule has 1 rings (SSSR count). The van der Waals surface area contributed by atoms with Gasteiger partial charge in [0.15, 0.2) is 0 Å². The summed E-state index contributed by atoms with van der Waals surface area (Å²) in [7, 11) is 0.0799. The lowest BCUT2D eigenvalue weighted by molar-refractivity contribution is 0.187. The number of hydrogen-bond donors (Lipinski definition) is 0. The number of rotatable bonds is 7. The van der Waals surface area contributed by atoms with Crippen molar-refractivity contribution in [2.24, 2.45) is 0 Å². The van der Waals surface area contributed by atoms with Gasteiger partial charge in [-0.1, -0.05) is 25.7 Å². The first kappa shape index (κ1) is 13.5. The lowest BCUT2D eigenvalue weighted by atomic mass is 10.3. The highest BCUT2D eigenvalue weighted by atomic mass is 35.5. The predicted octanol–water partition coefficient (Wildman–Crippen LogP) is 3.68. The summed E-state index contributed by atoms with van der Waals surface area (Å²) in [5, 5.41) is 0. The molecule has 0 spiro atoms. The van der Waals surface area contributed by atoms with Crippen molar-refractivity contribution >= 4 is 20.2 Å². The van der Waals surface area contributed by atoms with E-state index in [0.717, 1.165) is 25.3 Å². The molecule has 0 amide bonds. The largest absolute Gasteiger partial charge is 0.398 e. The zero-order chi connectivity index (χ0) is 11.0. The lowest BCUT2D eigenvalue weighted by Gasteiger charge is -2.32. The fraction of sp³-hybridized carbons (Fsp3) is 1.00. The second kappa shape index (κ2) is 7.66. The van der Waals surface area contributed by atoms with Crippen LogP contribution in [0.2, 0.25) is 12.1 Å². The summed E-state index contributed by atoms with van der Waals surface area (Å²) in [4.78, 5) is 0. The summed E-state index contributed by atoms with van der Waals surface area (Å²) in [6.07, 6.45) is 7.35. The first-order chi connectivity index (χ1) is 7.33. The lowest BCUT2D eigenvalue weighted by Crippen LogP contribution is -2.42. The first-order valence-electron chi connectivity index (χ1n) is 6.08. The normalized spacial score (nSPS) is 20.4. The molecule has 0 atom stereocenters. The molecule has 15 heavy (non-hydrogen) atoms. The van der Waals surface area contributed by atoms with Gasteiger partial charge in [0.25, 0.3) is 0 Å². The fourth-order valence-electron chi connectivity index (χ4n) is 2.13. The summed E-state index contributed by atoms with van der Waals surface area (Å²) in [5.41, 5.74) is 0. The van der Waals surface area contributed by atoms with Crippen LogP contribution in [-0.4, -0.2) is 28.2 Å². The molecular formula is C11H23ClO2Si. The molecule has 1 aliphatic rings. The van der Waals surface area contributed by atoms with Crippen LogP contribution in [0.5, 0.6) is 0 Å². The van der Waals surface area contributed by atoms with E-state index >= 15 is 0 Å². The summed E-state index contributed by atoms with van der Waals surface area (Å²) >= 11 is 5.63. The molecule has 1 aliphatic heterocycles. The third-order valence-corrected chi connectivity index (χ3v) is 7.10. The Bertz CT molecular complexity index is 161. The number of hydrogen-bond acceptors (Lipinski definition) is 2. The number of unbranched alkanes of at least 4 members (excludes halogenated alkanes) is 2. The van der Waals surface area contributed by atoms with Crippen LogP contribution in [0.3, 0.4) is 0 Å². The second-order valence-corrected chi connectivity index (χ2v) is 8.17. The molecule has 0 aliphatic carbocycles. The van der Waals surface area contributed by atoms with Crippen LogP contribution < -0.4 is 0 Å². The molecular weight excluding hydrogens is 228 g/mol. The van der Waals surface area contributed by atoms with Crippen LogP contribution in [0.15, 0.2) is 0 Å². The van der Waals surface area contributed by atoms with E-state index in [2.05, 4.69) is 0 Å². The first-order valence-corrected chi connectivity index (χ1v) is 8.84. The topological polar surface area (TPSA) is 18.5 Å². The zero-order valence-corrected chi connectivity index (χ0v) is 11.5. The SMILES string of the molecule is CO[Si]1(OCCCCCCl)CCCCC1. The van der Waals surface area contributed by atoms with Crippen LogP contribution in [0.25, 0.3) is 0 Å². The highest BCUT2D eigenvalue weighted by Gasteiger charge is 2.37. The van der Waals surface area contributed by atoms with E-state index in [1.807, 2.05) is 7.11 Å². The summed E-state index contributed by atoms with van der Waals surface area (Å²) in [6.45, 7) is 0.872. The van der Waals surface area contributed by atoms with Gasteiger partial charge in [0.05, 0.1) is 0 Å². The molecule has 1 heterocycles. The van der Waals surface area contributed by atoms with Gasteiger partial charge in [0.2, 0.25) is 0 Å². The minimum absolute atomic E-state index is 0.771. The Balaban J connectivity index is 2.15. The Kier molecular flexibility index (Phi) is 6.89. The molecule has 0 bridgehead atoms. The van der Waals surface area contributed by atoms with Crippen molar-refractivity contribution < 1.29 is 8.85 Å². The minimum Gasteiger partial charge on any atom is -0.398 e. The maximum absolute atomic E-state index is 6.04. The Morgan fingerprint density at radius 1 is 1.07 bits per heavy atom. The molecule has 1 saturated heterocycles. The zero-order valence-electron chi connectivity index (χ0n) is 9.77. The number of halogens is 1. The highest BCUT2D eigenvalue weighted by molar-refractivity contribution is 6.67. The Hall–Kier alpha value is 0.427. The molecule has 0 N–H and O–H groups in total. The van der Waals surface area contributed by atoms with Crippen molar-refractivity contribution in [2.45, 2.75) is 50.6 Å². The molecule has 0 saturated carbocycles. The standard InChI is InChI=1S/C11H23ClO2Si/c1-13-15(10-6-3-7-11-15)14-9-5-2-4-8-12/h2-11H2,1H3. The van der Waals surface area contributed by atoms with Gasteiger partial charge in [-0.25, -0.2) is 0 Å². The van der Waals surface area contributed by atoms with Gasteiger partial charge < -0.3 is 8.85 Å². The molecule has 90 valence electrons. The average molecular weight is 251 g/mol. The molecule has 0 radical (unpaired) electrons. The summed E-state index contributed by atoms with van der Waals surface area (Å²) in [6, 6.07) is 2.39. The summed E-state index contributed by atoms with van der Waals surface area (Å²) < 4.78 is 11.7. The van der Waals surface area contributed by atoms with E-state index in [1.54, 1.807) is 0 Å². The quantitative estimate of drug-likeness (QED) is 0.390. The molecule has 0 aromatic heterocycles. The van der Waals surface area contributed by atoms with Gasteiger partial charge in [-0.15, -0.1) is 11.6 Å². The maximum Gasteiger partial charge on any atom is 0.337 e. The van der Waals surface area contributed by atoms with Crippen molar-refractivity contribution in [3.8, 4) is 0 Å². The monoisotopic (exact) mass is 250 g/mol. The van der Waals surface area contributed by atoms with Crippen LogP contribution in [0, 0.1) is 0 Å². The molecule has 0 aromatic carbocycles. The summed E-state index contributed by atoms with van der Waals surface area (Å²) in [5.74, 6) is 0.771. The van der Waals surface area contributed by atoms with E-state index in [4.69, 9.17) is 20.5 Å². The smallest absolute Gasteiger partial charge is 0.337 e. The van der Waals surface area contributed by atoms with Gasteiger partial charge in [-0.05, 0) is 24.9 Å². The fourth-order valence-corrected chi connectivity index (χ4v) is 5.48. The Labute approximate surface area is 99.5 Å². The van der Waals surface area contributed by atoms with E-state index in [9.17, 15) is 0 Å². The predicted molar refractivity (Wildman–Crippen MR) is 66.8 cm³/mol.